The zero-order chi connectivity index (χ0) is 24.3. The molecule has 180 valence electrons. The molecule has 2 N–H and O–H groups in total. The fraction of sp³-hybridized carbons (Fsp3) is 0.500. The van der Waals surface area contributed by atoms with Crippen LogP contribution in [0.25, 0.3) is 0 Å². The lowest BCUT2D eigenvalue weighted by Gasteiger charge is -2.36. The fourth-order valence-corrected chi connectivity index (χ4v) is 4.77. The van der Waals surface area contributed by atoms with Gasteiger partial charge in [-0.25, -0.2) is 9.97 Å². The van der Waals surface area contributed by atoms with Crippen molar-refractivity contribution in [1.82, 2.24) is 20.2 Å². The van der Waals surface area contributed by atoms with Gasteiger partial charge in [0.1, 0.15) is 6.04 Å². The largest absolute Gasteiger partial charge is 0.347 e. The molecule has 4 rings (SSSR count). The quantitative estimate of drug-likeness (QED) is 0.709. The SMILES string of the molecule is CC(C)(C)CC(=O)N1CCCCC1C(=O)Nc1nccnc1C(=O)NC1Cc2ccccc2C1. The van der Waals surface area contributed by atoms with E-state index in [1.165, 1.54) is 23.5 Å². The molecule has 1 aliphatic carbocycles. The number of rotatable bonds is 5. The number of hydrogen-bond donors (Lipinski definition) is 2. The number of amides is 3. The minimum Gasteiger partial charge on any atom is -0.347 e. The summed E-state index contributed by atoms with van der Waals surface area (Å²) in [6, 6.07) is 7.55. The number of carbonyl (C=O) groups is 3. The Kier molecular flexibility index (Phi) is 6.95. The van der Waals surface area contributed by atoms with Crippen LogP contribution in [0.1, 0.15) is 68.1 Å². The summed E-state index contributed by atoms with van der Waals surface area (Å²) in [5, 5.41) is 5.81. The minimum absolute atomic E-state index is 0.0229. The van der Waals surface area contributed by atoms with Crippen LogP contribution < -0.4 is 10.6 Å². The van der Waals surface area contributed by atoms with Crippen molar-refractivity contribution >= 4 is 23.5 Å². The molecule has 8 heteroatoms. The van der Waals surface area contributed by atoms with Crippen molar-refractivity contribution < 1.29 is 14.4 Å². The third-order valence-electron chi connectivity index (χ3n) is 6.35. The van der Waals surface area contributed by atoms with Gasteiger partial charge in [-0.3, -0.25) is 14.4 Å². The first kappa shape index (κ1) is 23.9. The fourth-order valence-electron chi connectivity index (χ4n) is 4.77. The lowest BCUT2D eigenvalue weighted by molar-refractivity contribution is -0.141. The van der Waals surface area contributed by atoms with Crippen LogP contribution in [0.15, 0.2) is 36.7 Å². The highest BCUT2D eigenvalue weighted by molar-refractivity contribution is 6.03. The van der Waals surface area contributed by atoms with Gasteiger partial charge in [-0.2, -0.15) is 0 Å². The Labute approximate surface area is 200 Å². The Bertz CT molecular complexity index is 1050. The van der Waals surface area contributed by atoms with E-state index >= 15 is 0 Å². The number of benzene rings is 1. The molecule has 8 nitrogen and oxygen atoms in total. The van der Waals surface area contributed by atoms with Crippen LogP contribution in [0, 0.1) is 5.41 Å². The molecule has 1 aromatic carbocycles. The monoisotopic (exact) mass is 463 g/mol. The maximum absolute atomic E-state index is 13.2. The van der Waals surface area contributed by atoms with Gasteiger partial charge in [0.15, 0.2) is 11.5 Å². The van der Waals surface area contributed by atoms with Crippen LogP contribution in [0.5, 0.6) is 0 Å². The van der Waals surface area contributed by atoms with E-state index in [0.29, 0.717) is 19.4 Å². The number of aromatic nitrogens is 2. The van der Waals surface area contributed by atoms with Crippen molar-refractivity contribution in [3.8, 4) is 0 Å². The third-order valence-corrected chi connectivity index (χ3v) is 6.35. The zero-order valence-electron chi connectivity index (χ0n) is 20.1. The second-order valence-corrected chi connectivity index (χ2v) is 10.4. The predicted octanol–water partition coefficient (Wildman–Crippen LogP) is 3.13. The van der Waals surface area contributed by atoms with Crippen LogP contribution in [0.2, 0.25) is 0 Å². The normalized spacial score (nSPS) is 18.3. The highest BCUT2D eigenvalue weighted by Crippen LogP contribution is 2.26. The molecule has 1 atom stereocenters. The van der Waals surface area contributed by atoms with Crippen molar-refractivity contribution in [2.75, 3.05) is 11.9 Å². The number of fused-ring (bicyclic) bond motifs is 1. The Balaban J connectivity index is 1.44. The lowest BCUT2D eigenvalue weighted by Crippen LogP contribution is -2.50. The van der Waals surface area contributed by atoms with Crippen molar-refractivity contribution in [3.05, 3.63) is 53.5 Å². The van der Waals surface area contributed by atoms with Crippen molar-refractivity contribution in [2.24, 2.45) is 5.41 Å². The summed E-state index contributed by atoms with van der Waals surface area (Å²) < 4.78 is 0. The molecule has 0 radical (unpaired) electrons. The summed E-state index contributed by atoms with van der Waals surface area (Å²) in [6.07, 6.45) is 7.11. The van der Waals surface area contributed by atoms with Crippen LogP contribution in [0.4, 0.5) is 5.82 Å². The van der Waals surface area contributed by atoms with E-state index in [0.717, 1.165) is 25.7 Å². The molecular formula is C26H33N5O3. The van der Waals surface area contributed by atoms with E-state index in [1.807, 2.05) is 32.9 Å². The highest BCUT2D eigenvalue weighted by atomic mass is 16.2. The number of anilines is 1. The molecule has 1 unspecified atom stereocenters. The van der Waals surface area contributed by atoms with Crippen LogP contribution in [0.3, 0.4) is 0 Å². The smallest absolute Gasteiger partial charge is 0.273 e. The number of piperidine rings is 1. The number of hydrogen-bond acceptors (Lipinski definition) is 5. The van der Waals surface area contributed by atoms with Gasteiger partial charge >= 0.3 is 0 Å². The molecule has 2 heterocycles. The van der Waals surface area contributed by atoms with E-state index in [1.54, 1.807) is 4.90 Å². The van der Waals surface area contributed by atoms with Crippen molar-refractivity contribution in [2.45, 2.75) is 71.4 Å². The van der Waals surface area contributed by atoms with Crippen LogP contribution in [-0.4, -0.2) is 51.2 Å². The van der Waals surface area contributed by atoms with E-state index in [9.17, 15) is 14.4 Å². The maximum Gasteiger partial charge on any atom is 0.273 e. The second-order valence-electron chi connectivity index (χ2n) is 10.4. The number of nitrogens with zero attached hydrogens (tertiary/aromatic N) is 3. The first-order valence-electron chi connectivity index (χ1n) is 12.0. The van der Waals surface area contributed by atoms with Gasteiger partial charge in [-0.1, -0.05) is 45.0 Å². The van der Waals surface area contributed by atoms with Gasteiger partial charge in [-0.15, -0.1) is 0 Å². The third kappa shape index (κ3) is 5.61. The summed E-state index contributed by atoms with van der Waals surface area (Å²) in [7, 11) is 0. The highest BCUT2D eigenvalue weighted by Gasteiger charge is 2.34. The van der Waals surface area contributed by atoms with E-state index in [-0.39, 0.29) is 40.7 Å². The first-order valence-corrected chi connectivity index (χ1v) is 12.0. The molecule has 1 aliphatic heterocycles. The molecule has 1 saturated heterocycles. The molecule has 1 aromatic heterocycles. The molecule has 2 aliphatic rings. The standard InChI is InChI=1S/C26H33N5O3/c1-26(2,3)16-21(32)31-13-7-6-10-20(31)24(33)30-23-22(27-11-12-28-23)25(34)29-19-14-17-8-4-5-9-18(17)15-19/h4-5,8-9,11-12,19-20H,6-7,10,13-16H2,1-3H3,(H,29,34)(H,28,30,33). The number of nitrogens with one attached hydrogen (secondary N) is 2. The molecule has 1 fully saturated rings. The van der Waals surface area contributed by atoms with Gasteiger partial charge in [0.2, 0.25) is 11.8 Å². The van der Waals surface area contributed by atoms with Gasteiger partial charge in [0.05, 0.1) is 0 Å². The van der Waals surface area contributed by atoms with Crippen LogP contribution in [-0.2, 0) is 22.4 Å². The molecule has 3 amide bonds. The van der Waals surface area contributed by atoms with E-state index < -0.39 is 6.04 Å². The molecule has 0 spiro atoms. The van der Waals surface area contributed by atoms with Crippen molar-refractivity contribution in [3.63, 3.8) is 0 Å². The van der Waals surface area contributed by atoms with Gasteiger partial charge < -0.3 is 15.5 Å². The van der Waals surface area contributed by atoms with E-state index in [2.05, 4.69) is 32.7 Å². The molecule has 0 saturated carbocycles. The molecule has 0 bridgehead atoms. The Morgan fingerprint density at radius 2 is 1.71 bits per heavy atom. The number of carbonyl (C=O) groups excluding carboxylic acids is 3. The van der Waals surface area contributed by atoms with Gasteiger partial charge in [0.25, 0.3) is 5.91 Å². The topological polar surface area (TPSA) is 104 Å². The first-order chi connectivity index (χ1) is 16.2. The Morgan fingerprint density at radius 1 is 1.03 bits per heavy atom. The molecule has 34 heavy (non-hydrogen) atoms. The predicted molar refractivity (Wildman–Crippen MR) is 129 cm³/mol. The van der Waals surface area contributed by atoms with Gasteiger partial charge in [-0.05, 0) is 48.6 Å². The number of likely N-dealkylation sites (tertiary alicyclic amines) is 1. The summed E-state index contributed by atoms with van der Waals surface area (Å²) in [5.74, 6) is -0.602. The summed E-state index contributed by atoms with van der Waals surface area (Å²) in [5.41, 5.74) is 2.39. The van der Waals surface area contributed by atoms with Gasteiger partial charge in [0, 0.05) is 31.4 Å². The van der Waals surface area contributed by atoms with E-state index in [4.69, 9.17) is 0 Å². The second kappa shape index (κ2) is 9.91. The molecule has 2 aromatic rings. The van der Waals surface area contributed by atoms with Crippen LogP contribution >= 0.6 is 0 Å². The minimum atomic E-state index is -0.578. The molecular weight excluding hydrogens is 430 g/mol. The Morgan fingerprint density at radius 3 is 2.38 bits per heavy atom. The summed E-state index contributed by atoms with van der Waals surface area (Å²) in [6.45, 7) is 6.59. The summed E-state index contributed by atoms with van der Waals surface area (Å²) >= 11 is 0. The summed E-state index contributed by atoms with van der Waals surface area (Å²) in [4.78, 5) is 49.2. The Hall–Kier alpha value is -3.29. The lowest BCUT2D eigenvalue weighted by atomic mass is 9.90. The average Bonchev–Trinajstić information content (AvgIpc) is 3.20. The van der Waals surface area contributed by atoms with Crippen molar-refractivity contribution in [1.29, 1.82) is 0 Å². The maximum atomic E-state index is 13.2. The zero-order valence-corrected chi connectivity index (χ0v) is 20.1. The average molecular weight is 464 g/mol.